The summed E-state index contributed by atoms with van der Waals surface area (Å²) < 4.78 is 26.8. The molecule has 0 aromatic heterocycles. The fourth-order valence-corrected chi connectivity index (χ4v) is 4.46. The Balaban J connectivity index is 1.83. The van der Waals surface area contributed by atoms with Crippen LogP contribution in [0.3, 0.4) is 0 Å². The normalized spacial score (nSPS) is 11.4. The molecule has 0 bridgehead atoms. The number of carbonyl (C=O) groups is 1. The number of benzene rings is 2. The van der Waals surface area contributed by atoms with Gasteiger partial charge in [0, 0.05) is 19.5 Å². The summed E-state index contributed by atoms with van der Waals surface area (Å²) in [6.07, 6.45) is 10.8. The van der Waals surface area contributed by atoms with Crippen LogP contribution in [0.25, 0.3) is 0 Å². The zero-order valence-corrected chi connectivity index (χ0v) is 23.7. The Morgan fingerprint density at radius 3 is 2.21 bits per heavy atom. The lowest BCUT2D eigenvalue weighted by molar-refractivity contribution is -0.132. The lowest BCUT2D eigenvalue weighted by Gasteiger charge is -2.23. The summed E-state index contributed by atoms with van der Waals surface area (Å²) in [5.74, 6) is 1.39. The number of hydrogen-bond acceptors (Lipinski definition) is 5. The molecular formula is C29H44NO7P. The van der Waals surface area contributed by atoms with Crippen molar-refractivity contribution in [2.45, 2.75) is 77.7 Å². The van der Waals surface area contributed by atoms with Crippen LogP contribution in [0.15, 0.2) is 48.5 Å². The second-order valence-corrected chi connectivity index (χ2v) is 10.7. The Morgan fingerprint density at radius 1 is 0.868 bits per heavy atom. The molecule has 9 heteroatoms. The standard InChI is InChI=1S/C29H44NO7P/c1-3-4-5-6-7-8-9-10-21-36-28-13-11-12-25(23-28)16-19-29(31)30(20-22-37-38(32,33)34)24-26-14-17-27(35-2)18-15-26/h11-15,17-18,23H,3-10,16,19-22,24H2,1-2H3,(H2,32,33,34). The van der Waals surface area contributed by atoms with Gasteiger partial charge in [0.25, 0.3) is 0 Å². The molecule has 0 radical (unpaired) electrons. The quantitative estimate of drug-likeness (QED) is 0.148. The Morgan fingerprint density at radius 2 is 1.55 bits per heavy atom. The second-order valence-electron chi connectivity index (χ2n) is 9.46. The maximum absolute atomic E-state index is 13.1. The average molecular weight is 550 g/mol. The van der Waals surface area contributed by atoms with Gasteiger partial charge in [-0.2, -0.15) is 0 Å². The molecule has 1 amide bonds. The van der Waals surface area contributed by atoms with E-state index in [-0.39, 0.29) is 25.5 Å². The SMILES string of the molecule is CCCCCCCCCCOc1cccc(CCC(=O)N(CCOP(=O)(O)O)Cc2ccc(OC)cc2)c1. The molecule has 212 valence electrons. The van der Waals surface area contributed by atoms with Crippen molar-refractivity contribution in [1.29, 1.82) is 0 Å². The summed E-state index contributed by atoms with van der Waals surface area (Å²) in [5, 5.41) is 0. The highest BCUT2D eigenvalue weighted by atomic mass is 31.2. The van der Waals surface area contributed by atoms with Gasteiger partial charge in [-0.05, 0) is 48.2 Å². The van der Waals surface area contributed by atoms with E-state index >= 15 is 0 Å². The number of nitrogens with zero attached hydrogens (tertiary/aromatic N) is 1. The number of phosphoric acid groups is 1. The lowest BCUT2D eigenvalue weighted by atomic mass is 10.1. The van der Waals surface area contributed by atoms with Crippen LogP contribution < -0.4 is 9.47 Å². The first-order valence-electron chi connectivity index (χ1n) is 13.6. The highest BCUT2D eigenvalue weighted by molar-refractivity contribution is 7.46. The largest absolute Gasteiger partial charge is 0.497 e. The number of carbonyl (C=O) groups excluding carboxylic acids is 1. The van der Waals surface area contributed by atoms with E-state index in [9.17, 15) is 9.36 Å². The van der Waals surface area contributed by atoms with Crippen molar-refractivity contribution in [3.63, 3.8) is 0 Å². The maximum Gasteiger partial charge on any atom is 0.469 e. The highest BCUT2D eigenvalue weighted by Crippen LogP contribution is 2.35. The molecule has 2 N–H and O–H groups in total. The summed E-state index contributed by atoms with van der Waals surface area (Å²) in [6.45, 7) is 3.03. The van der Waals surface area contributed by atoms with Crippen LogP contribution in [0, 0.1) is 0 Å². The van der Waals surface area contributed by atoms with Crippen molar-refractivity contribution in [3.05, 3.63) is 59.7 Å². The van der Waals surface area contributed by atoms with E-state index in [1.54, 1.807) is 12.0 Å². The van der Waals surface area contributed by atoms with E-state index < -0.39 is 7.82 Å². The van der Waals surface area contributed by atoms with Gasteiger partial charge in [0.15, 0.2) is 0 Å². The van der Waals surface area contributed by atoms with Crippen molar-refractivity contribution in [3.8, 4) is 11.5 Å². The van der Waals surface area contributed by atoms with Gasteiger partial charge in [-0.25, -0.2) is 4.57 Å². The van der Waals surface area contributed by atoms with Gasteiger partial charge in [-0.3, -0.25) is 9.32 Å². The number of ether oxygens (including phenoxy) is 2. The van der Waals surface area contributed by atoms with Gasteiger partial charge < -0.3 is 24.2 Å². The molecular weight excluding hydrogens is 505 g/mol. The molecule has 0 atom stereocenters. The Labute approximate surface area is 227 Å². The molecule has 8 nitrogen and oxygen atoms in total. The zero-order chi connectivity index (χ0) is 27.6. The summed E-state index contributed by atoms with van der Waals surface area (Å²) in [6, 6.07) is 15.2. The third kappa shape index (κ3) is 14.0. The first-order valence-corrected chi connectivity index (χ1v) is 15.2. The van der Waals surface area contributed by atoms with Crippen molar-refractivity contribution in [2.24, 2.45) is 0 Å². The smallest absolute Gasteiger partial charge is 0.469 e. The second kappa shape index (κ2) is 18.0. The minimum Gasteiger partial charge on any atom is -0.497 e. The van der Waals surface area contributed by atoms with Crippen molar-refractivity contribution >= 4 is 13.7 Å². The molecule has 2 aromatic rings. The number of aryl methyl sites for hydroxylation is 1. The van der Waals surface area contributed by atoms with Crippen molar-refractivity contribution < 1.29 is 33.1 Å². The summed E-state index contributed by atoms with van der Waals surface area (Å²) in [4.78, 5) is 32.6. The van der Waals surface area contributed by atoms with Crippen LogP contribution in [0.1, 0.15) is 75.8 Å². The average Bonchev–Trinajstić information content (AvgIpc) is 2.90. The lowest BCUT2D eigenvalue weighted by Crippen LogP contribution is -2.33. The molecule has 0 saturated carbocycles. The van der Waals surface area contributed by atoms with Crippen LogP contribution in [0.2, 0.25) is 0 Å². The number of amides is 1. The third-order valence-corrected chi connectivity index (χ3v) is 6.82. The van der Waals surface area contributed by atoms with Crippen LogP contribution in [0.4, 0.5) is 0 Å². The molecule has 0 aliphatic heterocycles. The Hall–Kier alpha value is -2.38. The molecule has 0 saturated heterocycles. The Kier molecular flexibility index (Phi) is 15.1. The van der Waals surface area contributed by atoms with E-state index in [0.717, 1.165) is 23.3 Å². The van der Waals surface area contributed by atoms with E-state index in [0.29, 0.717) is 25.3 Å². The molecule has 0 heterocycles. The number of unbranched alkanes of at least 4 members (excludes halogenated alkanes) is 7. The topological polar surface area (TPSA) is 106 Å². The fraction of sp³-hybridized carbons (Fsp3) is 0.552. The van der Waals surface area contributed by atoms with Gasteiger partial charge in [-0.1, -0.05) is 76.1 Å². The number of phosphoric ester groups is 1. The van der Waals surface area contributed by atoms with Crippen LogP contribution in [-0.4, -0.2) is 47.5 Å². The van der Waals surface area contributed by atoms with Gasteiger partial charge in [0.05, 0.1) is 20.3 Å². The van der Waals surface area contributed by atoms with Gasteiger partial charge >= 0.3 is 7.82 Å². The molecule has 0 unspecified atom stereocenters. The van der Waals surface area contributed by atoms with Gasteiger partial charge in [-0.15, -0.1) is 0 Å². The molecule has 0 aliphatic carbocycles. The molecule has 2 aromatic carbocycles. The predicted octanol–water partition coefficient (Wildman–Crippen LogP) is 6.29. The third-order valence-electron chi connectivity index (χ3n) is 6.30. The summed E-state index contributed by atoms with van der Waals surface area (Å²) >= 11 is 0. The van der Waals surface area contributed by atoms with Crippen LogP contribution >= 0.6 is 7.82 Å². The van der Waals surface area contributed by atoms with Crippen LogP contribution in [0.5, 0.6) is 11.5 Å². The maximum atomic E-state index is 13.1. The number of hydrogen-bond donors (Lipinski definition) is 2. The van der Waals surface area contributed by atoms with E-state index in [1.165, 1.54) is 44.9 Å². The Bertz CT molecular complexity index is 977. The van der Waals surface area contributed by atoms with E-state index in [2.05, 4.69) is 11.4 Å². The van der Waals surface area contributed by atoms with E-state index in [4.69, 9.17) is 19.3 Å². The first-order chi connectivity index (χ1) is 18.3. The molecule has 0 spiro atoms. The molecule has 0 aliphatic rings. The van der Waals surface area contributed by atoms with E-state index in [1.807, 2.05) is 48.5 Å². The fourth-order valence-electron chi connectivity index (χ4n) is 4.14. The number of methoxy groups -OCH3 is 1. The summed E-state index contributed by atoms with van der Waals surface area (Å²) in [7, 11) is -3.02. The van der Waals surface area contributed by atoms with Crippen molar-refractivity contribution in [2.75, 3.05) is 26.9 Å². The highest BCUT2D eigenvalue weighted by Gasteiger charge is 2.18. The van der Waals surface area contributed by atoms with Crippen molar-refractivity contribution in [1.82, 2.24) is 4.90 Å². The first kappa shape index (κ1) is 31.8. The summed E-state index contributed by atoms with van der Waals surface area (Å²) in [5.41, 5.74) is 1.88. The van der Waals surface area contributed by atoms with Gasteiger partial charge in [0.1, 0.15) is 11.5 Å². The predicted molar refractivity (Wildman–Crippen MR) is 149 cm³/mol. The zero-order valence-electron chi connectivity index (χ0n) is 22.8. The van der Waals surface area contributed by atoms with Gasteiger partial charge in [0.2, 0.25) is 5.91 Å². The molecule has 2 rings (SSSR count). The monoisotopic (exact) mass is 549 g/mol. The number of rotatable bonds is 20. The molecule has 0 fully saturated rings. The molecule has 38 heavy (non-hydrogen) atoms. The minimum absolute atomic E-state index is 0.0672. The minimum atomic E-state index is -4.60. The van der Waals surface area contributed by atoms with Crippen LogP contribution in [-0.2, 0) is 26.8 Å².